The van der Waals surface area contributed by atoms with E-state index in [1.54, 1.807) is 0 Å². The van der Waals surface area contributed by atoms with Crippen LogP contribution in [0.4, 0.5) is 4.79 Å². The fourth-order valence-electron chi connectivity index (χ4n) is 2.09. The molecule has 21 heavy (non-hydrogen) atoms. The van der Waals surface area contributed by atoms with E-state index in [0.29, 0.717) is 18.9 Å². The summed E-state index contributed by atoms with van der Waals surface area (Å²) in [5, 5.41) is 14.2. The molecule has 1 aromatic carbocycles. The monoisotopic (exact) mass is 292 g/mol. The molecule has 0 spiro atoms. The van der Waals surface area contributed by atoms with E-state index >= 15 is 0 Å². The van der Waals surface area contributed by atoms with E-state index in [4.69, 9.17) is 5.11 Å². The van der Waals surface area contributed by atoms with Crippen molar-refractivity contribution in [3.05, 3.63) is 35.9 Å². The molecule has 0 aromatic heterocycles. The van der Waals surface area contributed by atoms with Crippen molar-refractivity contribution in [3.8, 4) is 0 Å². The highest BCUT2D eigenvalue weighted by Gasteiger charge is 2.15. The Morgan fingerprint density at radius 2 is 1.86 bits per heavy atom. The van der Waals surface area contributed by atoms with Gasteiger partial charge < -0.3 is 15.7 Å². The van der Waals surface area contributed by atoms with Gasteiger partial charge in [-0.3, -0.25) is 4.79 Å². The second-order valence-corrected chi connectivity index (χ2v) is 5.49. The minimum atomic E-state index is -0.848. The number of carboxylic acids is 1. The van der Waals surface area contributed by atoms with Crippen LogP contribution in [0.5, 0.6) is 0 Å². The summed E-state index contributed by atoms with van der Waals surface area (Å²) >= 11 is 0. The Morgan fingerprint density at radius 1 is 1.19 bits per heavy atom. The summed E-state index contributed by atoms with van der Waals surface area (Å²) in [7, 11) is 0. The zero-order valence-electron chi connectivity index (χ0n) is 12.6. The number of benzene rings is 1. The zero-order chi connectivity index (χ0) is 15.7. The zero-order valence-corrected chi connectivity index (χ0v) is 12.6. The van der Waals surface area contributed by atoms with E-state index < -0.39 is 5.97 Å². The molecule has 0 bridgehead atoms. The second kappa shape index (κ2) is 9.00. The molecule has 3 N–H and O–H groups in total. The van der Waals surface area contributed by atoms with Crippen molar-refractivity contribution < 1.29 is 14.7 Å². The van der Waals surface area contributed by atoms with Crippen LogP contribution in [0, 0.1) is 5.92 Å². The molecule has 0 heterocycles. The largest absolute Gasteiger partial charge is 0.481 e. The molecular weight excluding hydrogens is 268 g/mol. The lowest BCUT2D eigenvalue weighted by Gasteiger charge is -2.21. The number of aliphatic carboxylic acids is 1. The smallest absolute Gasteiger partial charge is 0.315 e. The number of hydrogen-bond acceptors (Lipinski definition) is 2. The van der Waals surface area contributed by atoms with Crippen molar-refractivity contribution in [2.24, 2.45) is 5.92 Å². The third-order valence-corrected chi connectivity index (χ3v) is 3.07. The summed E-state index contributed by atoms with van der Waals surface area (Å²) < 4.78 is 0. The van der Waals surface area contributed by atoms with Crippen molar-refractivity contribution in [1.82, 2.24) is 10.6 Å². The van der Waals surface area contributed by atoms with Crippen molar-refractivity contribution in [2.45, 2.75) is 39.2 Å². The molecule has 0 saturated carbocycles. The van der Waals surface area contributed by atoms with E-state index in [-0.39, 0.29) is 18.5 Å². The molecular formula is C16H24N2O3. The number of hydrogen-bond donors (Lipinski definition) is 3. The Hall–Kier alpha value is -2.04. The summed E-state index contributed by atoms with van der Waals surface area (Å²) in [5.41, 5.74) is 1.08. The van der Waals surface area contributed by atoms with Gasteiger partial charge in [-0.15, -0.1) is 0 Å². The first-order chi connectivity index (χ1) is 9.99. The van der Waals surface area contributed by atoms with E-state index in [1.165, 1.54) is 0 Å². The predicted molar refractivity (Wildman–Crippen MR) is 82.0 cm³/mol. The normalized spacial score (nSPS) is 12.0. The molecule has 5 heteroatoms. The minimum Gasteiger partial charge on any atom is -0.481 e. The maximum Gasteiger partial charge on any atom is 0.315 e. The van der Waals surface area contributed by atoms with Crippen LogP contribution >= 0.6 is 0 Å². The van der Waals surface area contributed by atoms with Gasteiger partial charge in [-0.2, -0.15) is 0 Å². The Bertz CT molecular complexity index is 446. The molecule has 0 fully saturated rings. The van der Waals surface area contributed by atoms with Gasteiger partial charge in [0.05, 0.1) is 6.04 Å². The van der Waals surface area contributed by atoms with Crippen molar-refractivity contribution in [1.29, 1.82) is 0 Å². The lowest BCUT2D eigenvalue weighted by atomic mass is 9.97. The van der Waals surface area contributed by atoms with Crippen molar-refractivity contribution in [2.75, 3.05) is 6.54 Å². The molecule has 116 valence electrons. The number of nitrogens with one attached hydrogen (secondary N) is 2. The van der Waals surface area contributed by atoms with Crippen LogP contribution in [0.3, 0.4) is 0 Å². The Kier molecular flexibility index (Phi) is 7.29. The highest BCUT2D eigenvalue weighted by atomic mass is 16.4. The van der Waals surface area contributed by atoms with Gasteiger partial charge in [-0.25, -0.2) is 4.79 Å². The highest BCUT2D eigenvalue weighted by molar-refractivity contribution is 5.74. The molecule has 1 aromatic rings. The Labute approximate surface area is 125 Å². The first kappa shape index (κ1) is 17.0. The fourth-order valence-corrected chi connectivity index (χ4v) is 2.09. The lowest BCUT2D eigenvalue weighted by Crippen LogP contribution is -2.39. The molecule has 0 aliphatic heterocycles. The Morgan fingerprint density at radius 3 is 2.43 bits per heavy atom. The first-order valence-electron chi connectivity index (χ1n) is 7.30. The summed E-state index contributed by atoms with van der Waals surface area (Å²) in [5.74, 6) is -0.387. The summed E-state index contributed by atoms with van der Waals surface area (Å²) in [4.78, 5) is 22.3. The molecule has 1 rings (SSSR count). The van der Waals surface area contributed by atoms with Gasteiger partial charge in [-0.05, 0) is 24.3 Å². The summed E-state index contributed by atoms with van der Waals surface area (Å²) in [6, 6.07) is 9.56. The van der Waals surface area contributed by atoms with Crippen LogP contribution in [0.15, 0.2) is 30.3 Å². The van der Waals surface area contributed by atoms with Gasteiger partial charge in [0, 0.05) is 13.0 Å². The maximum atomic E-state index is 11.9. The van der Waals surface area contributed by atoms with Gasteiger partial charge in [-0.1, -0.05) is 44.2 Å². The molecule has 5 nitrogen and oxygen atoms in total. The standard InChI is InChI=1S/C16H24N2O3/c1-12(2)11-14(13-7-4-3-5-8-13)18-16(21)17-10-6-9-15(19)20/h3-5,7-8,12,14H,6,9-11H2,1-2H3,(H,19,20)(H2,17,18,21). The van der Waals surface area contributed by atoms with Gasteiger partial charge in [0.25, 0.3) is 0 Å². The minimum absolute atomic E-state index is 0.0364. The maximum absolute atomic E-state index is 11.9. The topological polar surface area (TPSA) is 78.4 Å². The Balaban J connectivity index is 2.49. The van der Waals surface area contributed by atoms with Gasteiger partial charge in [0.1, 0.15) is 0 Å². The van der Waals surface area contributed by atoms with E-state index in [0.717, 1.165) is 12.0 Å². The van der Waals surface area contributed by atoms with E-state index in [9.17, 15) is 9.59 Å². The SMILES string of the molecule is CC(C)CC(NC(=O)NCCCC(=O)O)c1ccccc1. The van der Waals surface area contributed by atoms with Crippen LogP contribution in [0.1, 0.15) is 44.7 Å². The van der Waals surface area contributed by atoms with Gasteiger partial charge in [0.2, 0.25) is 0 Å². The average molecular weight is 292 g/mol. The summed E-state index contributed by atoms with van der Waals surface area (Å²) in [6.07, 6.45) is 1.35. The predicted octanol–water partition coefficient (Wildman–Crippen LogP) is 2.94. The van der Waals surface area contributed by atoms with Gasteiger partial charge in [0.15, 0.2) is 0 Å². The lowest BCUT2D eigenvalue weighted by molar-refractivity contribution is -0.137. The average Bonchev–Trinajstić information content (AvgIpc) is 2.43. The van der Waals surface area contributed by atoms with E-state index in [2.05, 4.69) is 24.5 Å². The van der Waals surface area contributed by atoms with Crippen LogP contribution in [0.2, 0.25) is 0 Å². The summed E-state index contributed by atoms with van der Waals surface area (Å²) in [6.45, 7) is 4.59. The molecule has 1 unspecified atom stereocenters. The second-order valence-electron chi connectivity index (χ2n) is 5.49. The van der Waals surface area contributed by atoms with Crippen LogP contribution < -0.4 is 10.6 Å². The number of urea groups is 1. The molecule has 0 radical (unpaired) electrons. The van der Waals surface area contributed by atoms with Crippen molar-refractivity contribution in [3.63, 3.8) is 0 Å². The molecule has 0 aliphatic carbocycles. The quantitative estimate of drug-likeness (QED) is 0.645. The molecule has 0 aliphatic rings. The first-order valence-corrected chi connectivity index (χ1v) is 7.30. The third-order valence-electron chi connectivity index (χ3n) is 3.07. The number of rotatable bonds is 8. The van der Waals surface area contributed by atoms with Crippen LogP contribution in [-0.4, -0.2) is 23.7 Å². The molecule has 1 atom stereocenters. The van der Waals surface area contributed by atoms with Crippen molar-refractivity contribution >= 4 is 12.0 Å². The van der Waals surface area contributed by atoms with Gasteiger partial charge >= 0.3 is 12.0 Å². The number of carbonyl (C=O) groups excluding carboxylic acids is 1. The fraction of sp³-hybridized carbons (Fsp3) is 0.500. The third kappa shape index (κ3) is 7.34. The number of carbonyl (C=O) groups is 2. The number of amides is 2. The molecule has 2 amide bonds. The van der Waals surface area contributed by atoms with E-state index in [1.807, 2.05) is 30.3 Å². The molecule has 0 saturated heterocycles. The van der Waals surface area contributed by atoms with Crippen LogP contribution in [0.25, 0.3) is 0 Å². The van der Waals surface area contributed by atoms with Crippen LogP contribution in [-0.2, 0) is 4.79 Å². The number of carboxylic acid groups (broad SMARTS) is 1. The highest BCUT2D eigenvalue weighted by Crippen LogP contribution is 2.20.